The predicted molar refractivity (Wildman–Crippen MR) is 79.3 cm³/mol. The maximum atomic E-state index is 6.25. The zero-order valence-electron chi connectivity index (χ0n) is 12.4. The minimum absolute atomic E-state index is 0.271. The molecule has 1 fully saturated rings. The van der Waals surface area contributed by atoms with E-state index in [9.17, 15) is 0 Å². The maximum Gasteiger partial charge on any atom is 0.119 e. The van der Waals surface area contributed by atoms with Crippen LogP contribution in [-0.4, -0.2) is 31.6 Å². The van der Waals surface area contributed by atoms with Crippen LogP contribution < -0.4 is 10.5 Å². The first-order valence-corrected chi connectivity index (χ1v) is 7.10. The molecule has 0 spiro atoms. The molecule has 2 rings (SSSR count). The first-order chi connectivity index (χ1) is 9.03. The standard InChI is InChI=1S/C16H26N2O/c1-16(9-5-8-15(16)17)12-18(2)11-13-6-4-7-14(10-13)19-3/h4,6-7,10,15H,5,8-9,11-12,17H2,1-3H3. The van der Waals surface area contributed by atoms with Crippen molar-refractivity contribution in [1.29, 1.82) is 0 Å². The Morgan fingerprint density at radius 1 is 1.47 bits per heavy atom. The van der Waals surface area contributed by atoms with Crippen molar-refractivity contribution in [1.82, 2.24) is 4.90 Å². The lowest BCUT2D eigenvalue weighted by Crippen LogP contribution is -2.42. The van der Waals surface area contributed by atoms with Gasteiger partial charge in [0.25, 0.3) is 0 Å². The van der Waals surface area contributed by atoms with Gasteiger partial charge in [0, 0.05) is 19.1 Å². The number of ether oxygens (including phenoxy) is 1. The van der Waals surface area contributed by atoms with E-state index >= 15 is 0 Å². The van der Waals surface area contributed by atoms with Gasteiger partial charge in [-0.2, -0.15) is 0 Å². The van der Waals surface area contributed by atoms with E-state index in [0.717, 1.165) is 18.8 Å². The monoisotopic (exact) mass is 262 g/mol. The summed E-state index contributed by atoms with van der Waals surface area (Å²) in [7, 11) is 3.89. The number of benzene rings is 1. The lowest BCUT2D eigenvalue weighted by Gasteiger charge is -2.33. The molecule has 2 N–H and O–H groups in total. The number of rotatable bonds is 5. The molecule has 19 heavy (non-hydrogen) atoms. The lowest BCUT2D eigenvalue weighted by molar-refractivity contribution is 0.173. The third-order valence-corrected chi connectivity index (χ3v) is 4.38. The lowest BCUT2D eigenvalue weighted by atomic mass is 9.84. The molecule has 106 valence electrons. The topological polar surface area (TPSA) is 38.5 Å². The summed E-state index contributed by atoms with van der Waals surface area (Å²) in [4.78, 5) is 2.37. The van der Waals surface area contributed by atoms with E-state index in [1.807, 2.05) is 12.1 Å². The van der Waals surface area contributed by atoms with Gasteiger partial charge in [-0.3, -0.25) is 0 Å². The molecule has 2 atom stereocenters. The first kappa shape index (κ1) is 14.4. The molecule has 2 unspecified atom stereocenters. The van der Waals surface area contributed by atoms with Gasteiger partial charge in [0.15, 0.2) is 0 Å². The SMILES string of the molecule is COc1cccc(CN(C)CC2(C)CCCC2N)c1. The summed E-state index contributed by atoms with van der Waals surface area (Å²) < 4.78 is 5.27. The van der Waals surface area contributed by atoms with E-state index in [1.165, 1.54) is 24.8 Å². The average molecular weight is 262 g/mol. The summed E-state index contributed by atoms with van der Waals surface area (Å²) in [6, 6.07) is 8.63. The van der Waals surface area contributed by atoms with Crippen LogP contribution in [-0.2, 0) is 6.54 Å². The summed E-state index contributed by atoms with van der Waals surface area (Å²) in [6.45, 7) is 4.33. The van der Waals surface area contributed by atoms with Gasteiger partial charge in [0.1, 0.15) is 5.75 Å². The molecule has 1 aliphatic carbocycles. The first-order valence-electron chi connectivity index (χ1n) is 7.10. The van der Waals surface area contributed by atoms with Crippen LogP contribution in [0.15, 0.2) is 24.3 Å². The van der Waals surface area contributed by atoms with Gasteiger partial charge < -0.3 is 15.4 Å². The van der Waals surface area contributed by atoms with Crippen molar-refractivity contribution in [2.24, 2.45) is 11.1 Å². The van der Waals surface area contributed by atoms with E-state index in [-0.39, 0.29) is 5.41 Å². The van der Waals surface area contributed by atoms with E-state index in [4.69, 9.17) is 10.5 Å². The van der Waals surface area contributed by atoms with Crippen LogP contribution in [0.25, 0.3) is 0 Å². The molecule has 0 bridgehead atoms. The molecular weight excluding hydrogens is 236 g/mol. The number of hydrogen-bond donors (Lipinski definition) is 1. The average Bonchev–Trinajstić information content (AvgIpc) is 2.69. The second kappa shape index (κ2) is 5.93. The highest BCUT2D eigenvalue weighted by Crippen LogP contribution is 2.37. The summed E-state index contributed by atoms with van der Waals surface area (Å²) in [5.74, 6) is 0.926. The molecule has 1 saturated carbocycles. The van der Waals surface area contributed by atoms with Crippen molar-refractivity contribution in [3.8, 4) is 5.75 Å². The van der Waals surface area contributed by atoms with Gasteiger partial charge in [-0.25, -0.2) is 0 Å². The molecule has 0 heterocycles. The maximum absolute atomic E-state index is 6.25. The van der Waals surface area contributed by atoms with Crippen LogP contribution in [0.3, 0.4) is 0 Å². The Bertz CT molecular complexity index is 421. The van der Waals surface area contributed by atoms with Crippen LogP contribution in [0.1, 0.15) is 31.7 Å². The third kappa shape index (κ3) is 3.48. The molecular formula is C16H26N2O. The van der Waals surface area contributed by atoms with Gasteiger partial charge >= 0.3 is 0 Å². The Hall–Kier alpha value is -1.06. The van der Waals surface area contributed by atoms with Crippen molar-refractivity contribution in [2.45, 2.75) is 38.8 Å². The van der Waals surface area contributed by atoms with Gasteiger partial charge in [-0.1, -0.05) is 25.5 Å². The van der Waals surface area contributed by atoms with Gasteiger partial charge in [0.05, 0.1) is 7.11 Å². The molecule has 1 aromatic rings. The Balaban J connectivity index is 1.95. The fraction of sp³-hybridized carbons (Fsp3) is 0.625. The number of nitrogens with two attached hydrogens (primary N) is 1. The molecule has 0 radical (unpaired) electrons. The zero-order chi connectivity index (χ0) is 13.9. The summed E-state index contributed by atoms with van der Waals surface area (Å²) >= 11 is 0. The molecule has 0 aromatic heterocycles. The van der Waals surface area contributed by atoms with E-state index < -0.39 is 0 Å². The predicted octanol–water partition coefficient (Wildman–Crippen LogP) is 2.64. The van der Waals surface area contributed by atoms with Crippen molar-refractivity contribution < 1.29 is 4.74 Å². The van der Waals surface area contributed by atoms with E-state index in [0.29, 0.717) is 6.04 Å². The van der Waals surface area contributed by atoms with E-state index in [2.05, 4.69) is 31.0 Å². The molecule has 0 saturated heterocycles. The molecule has 0 amide bonds. The third-order valence-electron chi connectivity index (χ3n) is 4.38. The summed E-state index contributed by atoms with van der Waals surface area (Å²) in [5, 5.41) is 0. The minimum atomic E-state index is 0.271. The van der Waals surface area contributed by atoms with Crippen LogP contribution in [0.2, 0.25) is 0 Å². The van der Waals surface area contributed by atoms with Crippen molar-refractivity contribution >= 4 is 0 Å². The highest BCUT2D eigenvalue weighted by atomic mass is 16.5. The number of nitrogens with zero attached hydrogens (tertiary/aromatic N) is 1. The second-order valence-electron chi connectivity index (χ2n) is 6.18. The molecule has 1 aliphatic rings. The van der Waals surface area contributed by atoms with Crippen LogP contribution in [0.4, 0.5) is 0 Å². The zero-order valence-corrected chi connectivity index (χ0v) is 12.4. The summed E-state index contributed by atoms with van der Waals surface area (Å²) in [6.07, 6.45) is 3.69. The van der Waals surface area contributed by atoms with Crippen molar-refractivity contribution in [3.63, 3.8) is 0 Å². The largest absolute Gasteiger partial charge is 0.497 e. The van der Waals surface area contributed by atoms with E-state index in [1.54, 1.807) is 7.11 Å². The fourth-order valence-electron chi connectivity index (χ4n) is 3.21. The quantitative estimate of drug-likeness (QED) is 0.886. The summed E-state index contributed by atoms with van der Waals surface area (Å²) in [5.41, 5.74) is 7.81. The number of hydrogen-bond acceptors (Lipinski definition) is 3. The Morgan fingerprint density at radius 2 is 2.26 bits per heavy atom. The smallest absolute Gasteiger partial charge is 0.119 e. The fourth-order valence-corrected chi connectivity index (χ4v) is 3.21. The van der Waals surface area contributed by atoms with Gasteiger partial charge in [0.2, 0.25) is 0 Å². The molecule has 1 aromatic carbocycles. The molecule has 0 aliphatic heterocycles. The highest BCUT2D eigenvalue weighted by Gasteiger charge is 2.36. The van der Waals surface area contributed by atoms with Gasteiger partial charge in [-0.15, -0.1) is 0 Å². The Kier molecular flexibility index (Phi) is 4.48. The second-order valence-corrected chi connectivity index (χ2v) is 6.18. The minimum Gasteiger partial charge on any atom is -0.497 e. The van der Waals surface area contributed by atoms with Crippen LogP contribution >= 0.6 is 0 Å². The van der Waals surface area contributed by atoms with Crippen LogP contribution in [0, 0.1) is 5.41 Å². The Labute approximate surface area is 116 Å². The van der Waals surface area contributed by atoms with Crippen molar-refractivity contribution in [3.05, 3.63) is 29.8 Å². The molecule has 3 heteroatoms. The Morgan fingerprint density at radius 3 is 2.89 bits per heavy atom. The number of methoxy groups -OCH3 is 1. The van der Waals surface area contributed by atoms with Crippen LogP contribution in [0.5, 0.6) is 5.75 Å². The van der Waals surface area contributed by atoms with Crippen molar-refractivity contribution in [2.75, 3.05) is 20.7 Å². The normalized spacial score (nSPS) is 26.9. The highest BCUT2D eigenvalue weighted by molar-refractivity contribution is 5.28. The van der Waals surface area contributed by atoms with Gasteiger partial charge in [-0.05, 0) is 43.0 Å². The molecule has 3 nitrogen and oxygen atoms in total.